The van der Waals surface area contributed by atoms with Crippen molar-refractivity contribution in [1.82, 2.24) is 14.9 Å². The van der Waals surface area contributed by atoms with Crippen LogP contribution in [0.15, 0.2) is 51.7 Å². The Morgan fingerprint density at radius 2 is 2.14 bits per heavy atom. The molecule has 0 atom stereocenters. The molecule has 3 rings (SSSR count). The quantitative estimate of drug-likeness (QED) is 0.311. The molecular weight excluding hydrogens is 394 g/mol. The molecule has 2 heterocycles. The van der Waals surface area contributed by atoms with E-state index in [4.69, 9.17) is 4.74 Å². The fraction of sp³-hybridized carbons (Fsp3) is 0.350. The van der Waals surface area contributed by atoms with Crippen LogP contribution in [0.3, 0.4) is 0 Å². The predicted octanol–water partition coefficient (Wildman–Crippen LogP) is 3.29. The Hall–Kier alpha value is -2.16. The van der Waals surface area contributed by atoms with Crippen molar-refractivity contribution in [2.45, 2.75) is 31.6 Å². The highest BCUT2D eigenvalue weighted by Gasteiger charge is 2.13. The number of carbonyl (C=O) groups excluding carboxylic acids is 1. The van der Waals surface area contributed by atoms with E-state index in [2.05, 4.69) is 10.3 Å². The molecule has 8 heteroatoms. The number of nitrogens with zero attached hydrogens (tertiary/aromatic N) is 2. The average molecular weight is 418 g/mol. The van der Waals surface area contributed by atoms with Gasteiger partial charge in [-0.15, -0.1) is 11.3 Å². The molecule has 6 nitrogen and oxygen atoms in total. The maximum absolute atomic E-state index is 12.9. The lowest BCUT2D eigenvalue weighted by molar-refractivity contribution is -0.118. The summed E-state index contributed by atoms with van der Waals surface area (Å²) in [5.74, 6) is 0.128. The highest BCUT2D eigenvalue weighted by molar-refractivity contribution is 7.99. The summed E-state index contributed by atoms with van der Waals surface area (Å²) in [5, 5.41) is 6.03. The Morgan fingerprint density at radius 1 is 1.29 bits per heavy atom. The second-order valence-electron chi connectivity index (χ2n) is 6.06. The molecule has 1 N–H and O–H groups in total. The predicted molar refractivity (Wildman–Crippen MR) is 114 cm³/mol. The summed E-state index contributed by atoms with van der Waals surface area (Å²) in [6.07, 6.45) is 0.714. The number of thiophene rings is 1. The number of amides is 1. The van der Waals surface area contributed by atoms with Gasteiger partial charge in [0.05, 0.1) is 23.2 Å². The van der Waals surface area contributed by atoms with Gasteiger partial charge in [-0.25, -0.2) is 4.98 Å². The monoisotopic (exact) mass is 417 g/mol. The minimum atomic E-state index is -0.0818. The maximum Gasteiger partial charge on any atom is 0.262 e. The number of benzene rings is 1. The third-order valence-electron chi connectivity index (χ3n) is 4.07. The zero-order valence-corrected chi connectivity index (χ0v) is 17.4. The van der Waals surface area contributed by atoms with E-state index < -0.39 is 0 Å². The second-order valence-corrected chi connectivity index (χ2v) is 8.04. The van der Waals surface area contributed by atoms with Gasteiger partial charge in [0.1, 0.15) is 0 Å². The van der Waals surface area contributed by atoms with Crippen molar-refractivity contribution in [2.24, 2.45) is 0 Å². The third-order valence-corrected chi connectivity index (χ3v) is 5.93. The minimum Gasteiger partial charge on any atom is -0.382 e. The Labute approximate surface area is 171 Å². The Morgan fingerprint density at radius 3 is 2.93 bits per heavy atom. The Bertz CT molecular complexity index is 970. The van der Waals surface area contributed by atoms with Gasteiger partial charge < -0.3 is 10.1 Å². The number of rotatable bonds is 10. The summed E-state index contributed by atoms with van der Waals surface area (Å²) in [6.45, 7) is 4.21. The van der Waals surface area contributed by atoms with Crippen LogP contribution in [0.25, 0.3) is 10.9 Å². The summed E-state index contributed by atoms with van der Waals surface area (Å²) >= 11 is 2.89. The van der Waals surface area contributed by atoms with Crippen LogP contribution in [0.2, 0.25) is 0 Å². The number of fused-ring (bicyclic) bond motifs is 1. The topological polar surface area (TPSA) is 73.2 Å². The van der Waals surface area contributed by atoms with Gasteiger partial charge in [-0.3, -0.25) is 14.2 Å². The smallest absolute Gasteiger partial charge is 0.262 e. The Kier molecular flexibility index (Phi) is 7.64. The summed E-state index contributed by atoms with van der Waals surface area (Å²) in [6, 6.07) is 11.2. The van der Waals surface area contributed by atoms with Gasteiger partial charge in [-0.2, -0.15) is 0 Å². The Balaban J connectivity index is 1.72. The number of aromatic nitrogens is 2. The first-order valence-corrected chi connectivity index (χ1v) is 11.0. The second kappa shape index (κ2) is 10.4. The molecule has 0 saturated carbocycles. The summed E-state index contributed by atoms with van der Waals surface area (Å²) in [5.41, 5.74) is 0.568. The fourth-order valence-corrected chi connectivity index (χ4v) is 4.20. The summed E-state index contributed by atoms with van der Waals surface area (Å²) in [7, 11) is 0. The van der Waals surface area contributed by atoms with Gasteiger partial charge in [-0.1, -0.05) is 30.0 Å². The molecule has 3 aromatic rings. The molecule has 0 saturated heterocycles. The van der Waals surface area contributed by atoms with E-state index in [-0.39, 0.29) is 17.2 Å². The van der Waals surface area contributed by atoms with E-state index in [9.17, 15) is 9.59 Å². The number of ether oxygens (including phenoxy) is 1. The first kappa shape index (κ1) is 20.6. The van der Waals surface area contributed by atoms with Crippen molar-refractivity contribution in [3.8, 4) is 0 Å². The number of hydrogen-bond donors (Lipinski definition) is 1. The van der Waals surface area contributed by atoms with Crippen molar-refractivity contribution < 1.29 is 9.53 Å². The summed E-state index contributed by atoms with van der Waals surface area (Å²) < 4.78 is 7.03. The molecule has 28 heavy (non-hydrogen) atoms. The van der Waals surface area contributed by atoms with Crippen molar-refractivity contribution in [3.05, 3.63) is 57.0 Å². The van der Waals surface area contributed by atoms with Crippen LogP contribution < -0.4 is 10.9 Å². The third kappa shape index (κ3) is 5.43. The molecule has 0 fully saturated rings. The number of carbonyl (C=O) groups is 1. The fourth-order valence-electron chi connectivity index (χ4n) is 2.70. The molecule has 148 valence electrons. The van der Waals surface area contributed by atoms with E-state index in [1.54, 1.807) is 22.0 Å². The number of nitrogens with one attached hydrogen (secondary N) is 1. The van der Waals surface area contributed by atoms with Gasteiger partial charge in [-0.05, 0) is 36.9 Å². The molecule has 0 aliphatic rings. The molecule has 0 spiro atoms. The van der Waals surface area contributed by atoms with Gasteiger partial charge in [0.15, 0.2) is 5.16 Å². The molecular formula is C20H23N3O3S2. The number of para-hydroxylation sites is 1. The van der Waals surface area contributed by atoms with Crippen molar-refractivity contribution in [2.75, 3.05) is 19.0 Å². The summed E-state index contributed by atoms with van der Waals surface area (Å²) in [4.78, 5) is 30.8. The van der Waals surface area contributed by atoms with Gasteiger partial charge >= 0.3 is 0 Å². The van der Waals surface area contributed by atoms with Crippen molar-refractivity contribution in [1.29, 1.82) is 0 Å². The van der Waals surface area contributed by atoms with E-state index in [1.165, 1.54) is 11.8 Å². The maximum atomic E-state index is 12.9. The molecule has 0 aliphatic carbocycles. The largest absolute Gasteiger partial charge is 0.382 e. The molecule has 0 unspecified atom stereocenters. The van der Waals surface area contributed by atoms with Gasteiger partial charge in [0.25, 0.3) is 5.56 Å². The van der Waals surface area contributed by atoms with Crippen LogP contribution >= 0.6 is 23.1 Å². The van der Waals surface area contributed by atoms with Crippen LogP contribution in [0.1, 0.15) is 18.2 Å². The first-order valence-electron chi connectivity index (χ1n) is 9.18. The van der Waals surface area contributed by atoms with Crippen LogP contribution in [0, 0.1) is 0 Å². The highest BCUT2D eigenvalue weighted by atomic mass is 32.2. The lowest BCUT2D eigenvalue weighted by atomic mass is 10.2. The molecule has 1 amide bonds. The van der Waals surface area contributed by atoms with Crippen molar-refractivity contribution >= 4 is 39.9 Å². The molecule has 0 radical (unpaired) electrons. The van der Waals surface area contributed by atoms with Crippen LogP contribution in [-0.4, -0.2) is 34.4 Å². The average Bonchev–Trinajstić information content (AvgIpc) is 3.23. The number of thioether (sulfide) groups is 1. The SMILES string of the molecule is CCOCCCn1c(SCC(=O)NCc2cccs2)nc2ccccc2c1=O. The van der Waals surface area contributed by atoms with Crippen LogP contribution in [0.4, 0.5) is 0 Å². The van der Waals surface area contributed by atoms with E-state index in [0.29, 0.717) is 48.8 Å². The normalized spacial score (nSPS) is 11.0. The molecule has 0 aliphatic heterocycles. The van der Waals surface area contributed by atoms with Crippen molar-refractivity contribution in [3.63, 3.8) is 0 Å². The lowest BCUT2D eigenvalue weighted by Crippen LogP contribution is -2.27. The first-order chi connectivity index (χ1) is 13.7. The van der Waals surface area contributed by atoms with E-state index >= 15 is 0 Å². The van der Waals surface area contributed by atoms with Gasteiger partial charge in [0.2, 0.25) is 5.91 Å². The zero-order valence-electron chi connectivity index (χ0n) is 15.7. The number of hydrogen-bond acceptors (Lipinski definition) is 6. The standard InChI is InChI=1S/C20H23N3O3S2/c1-2-26-11-6-10-23-19(25)16-8-3-4-9-17(16)22-20(23)28-14-18(24)21-13-15-7-5-12-27-15/h3-5,7-9,12H,2,6,10-11,13-14H2,1H3,(H,21,24). The minimum absolute atomic E-state index is 0.0800. The lowest BCUT2D eigenvalue weighted by Gasteiger charge is -2.13. The molecule has 2 aromatic heterocycles. The molecule has 0 bridgehead atoms. The van der Waals surface area contributed by atoms with E-state index in [0.717, 1.165) is 4.88 Å². The van der Waals surface area contributed by atoms with Crippen LogP contribution in [-0.2, 0) is 22.6 Å². The molecule has 1 aromatic carbocycles. The highest BCUT2D eigenvalue weighted by Crippen LogP contribution is 2.18. The van der Waals surface area contributed by atoms with Crippen LogP contribution in [0.5, 0.6) is 0 Å². The zero-order chi connectivity index (χ0) is 19.8. The van der Waals surface area contributed by atoms with E-state index in [1.807, 2.05) is 42.6 Å². The van der Waals surface area contributed by atoms with Gasteiger partial charge in [0, 0.05) is 24.6 Å².